The Morgan fingerprint density at radius 1 is 1.24 bits per heavy atom. The molecule has 0 aliphatic heterocycles. The summed E-state index contributed by atoms with van der Waals surface area (Å²) in [5.74, 6) is -0.592. The number of amides is 2. The molecular formula is C16H24N2O3. The Bertz CT molecular complexity index is 486. The average Bonchev–Trinajstić information content (AvgIpc) is 2.45. The van der Waals surface area contributed by atoms with Crippen molar-refractivity contribution < 1.29 is 14.7 Å². The first-order valence-corrected chi connectivity index (χ1v) is 7.26. The van der Waals surface area contributed by atoms with Crippen LogP contribution in [0.3, 0.4) is 0 Å². The molecule has 116 valence electrons. The zero-order valence-corrected chi connectivity index (χ0v) is 12.8. The van der Waals surface area contributed by atoms with E-state index >= 15 is 0 Å². The summed E-state index contributed by atoms with van der Waals surface area (Å²) in [7, 11) is 0. The molecule has 0 saturated heterocycles. The van der Waals surface area contributed by atoms with Gasteiger partial charge in [-0.05, 0) is 30.0 Å². The highest BCUT2D eigenvalue weighted by Crippen LogP contribution is 2.10. The quantitative estimate of drug-likeness (QED) is 0.716. The van der Waals surface area contributed by atoms with Gasteiger partial charge >= 0.3 is 0 Å². The van der Waals surface area contributed by atoms with E-state index in [4.69, 9.17) is 0 Å². The zero-order valence-electron chi connectivity index (χ0n) is 12.8. The number of hydrogen-bond acceptors (Lipinski definition) is 3. The third-order valence-electron chi connectivity index (χ3n) is 3.23. The molecule has 1 atom stereocenters. The summed E-state index contributed by atoms with van der Waals surface area (Å²) >= 11 is 0. The number of aliphatic hydroxyl groups excluding tert-OH is 1. The van der Waals surface area contributed by atoms with E-state index in [0.29, 0.717) is 0 Å². The maximum atomic E-state index is 11.7. The summed E-state index contributed by atoms with van der Waals surface area (Å²) in [5.41, 5.74) is 1.85. The summed E-state index contributed by atoms with van der Waals surface area (Å²) < 4.78 is 0. The topological polar surface area (TPSA) is 78.4 Å². The molecule has 0 radical (unpaired) electrons. The van der Waals surface area contributed by atoms with Gasteiger partial charge in [0.15, 0.2) is 0 Å². The standard InChI is InChI=1S/C16H24N2O3/c1-4-12-6-5-7-13(8-12)18-16(21)10-17-15(20)9-14(19)11(2)3/h5-8,11,14,19H,4,9-10H2,1-3H3,(H,17,20)(H,18,21). The van der Waals surface area contributed by atoms with Crippen molar-refractivity contribution in [2.75, 3.05) is 11.9 Å². The van der Waals surface area contributed by atoms with E-state index in [1.165, 1.54) is 0 Å². The highest BCUT2D eigenvalue weighted by atomic mass is 16.3. The predicted molar refractivity (Wildman–Crippen MR) is 82.9 cm³/mol. The molecule has 3 N–H and O–H groups in total. The molecule has 0 spiro atoms. The minimum Gasteiger partial charge on any atom is -0.392 e. The SMILES string of the molecule is CCc1cccc(NC(=O)CNC(=O)CC(O)C(C)C)c1. The molecule has 0 heterocycles. The summed E-state index contributed by atoms with van der Waals surface area (Å²) in [6.45, 7) is 5.62. The second kappa shape index (κ2) is 8.42. The van der Waals surface area contributed by atoms with Gasteiger partial charge < -0.3 is 15.7 Å². The van der Waals surface area contributed by atoms with Crippen molar-refractivity contribution in [2.45, 2.75) is 39.7 Å². The van der Waals surface area contributed by atoms with E-state index < -0.39 is 6.10 Å². The Morgan fingerprint density at radius 3 is 2.57 bits per heavy atom. The third-order valence-corrected chi connectivity index (χ3v) is 3.23. The van der Waals surface area contributed by atoms with Gasteiger partial charge in [-0.25, -0.2) is 0 Å². The lowest BCUT2D eigenvalue weighted by atomic mass is 10.0. The minimum atomic E-state index is -0.686. The molecule has 5 nitrogen and oxygen atoms in total. The first-order chi connectivity index (χ1) is 9.92. The minimum absolute atomic E-state index is 0.0102. The summed E-state index contributed by atoms with van der Waals surface area (Å²) in [6.07, 6.45) is 0.221. The van der Waals surface area contributed by atoms with Crippen molar-refractivity contribution in [3.05, 3.63) is 29.8 Å². The summed E-state index contributed by atoms with van der Waals surface area (Å²) in [5, 5.41) is 14.8. The van der Waals surface area contributed by atoms with E-state index in [1.54, 1.807) is 6.07 Å². The first kappa shape index (κ1) is 17.2. The van der Waals surface area contributed by atoms with Gasteiger partial charge in [0.25, 0.3) is 0 Å². The van der Waals surface area contributed by atoms with Gasteiger partial charge in [0.2, 0.25) is 11.8 Å². The fraction of sp³-hybridized carbons (Fsp3) is 0.500. The van der Waals surface area contributed by atoms with Gasteiger partial charge in [-0.15, -0.1) is 0 Å². The van der Waals surface area contributed by atoms with Crippen molar-refractivity contribution in [2.24, 2.45) is 5.92 Å². The van der Waals surface area contributed by atoms with Gasteiger partial charge in [-0.3, -0.25) is 9.59 Å². The van der Waals surface area contributed by atoms with Crippen molar-refractivity contribution in [3.8, 4) is 0 Å². The van der Waals surface area contributed by atoms with Gasteiger partial charge in [0.05, 0.1) is 19.1 Å². The van der Waals surface area contributed by atoms with Crippen LogP contribution in [0.15, 0.2) is 24.3 Å². The van der Waals surface area contributed by atoms with Gasteiger partial charge in [0.1, 0.15) is 0 Å². The van der Waals surface area contributed by atoms with Crippen LogP contribution in [0.2, 0.25) is 0 Å². The van der Waals surface area contributed by atoms with E-state index in [-0.39, 0.29) is 30.7 Å². The highest BCUT2D eigenvalue weighted by Gasteiger charge is 2.14. The summed E-state index contributed by atoms with van der Waals surface area (Å²) in [6, 6.07) is 7.58. The Balaban J connectivity index is 2.38. The van der Waals surface area contributed by atoms with Crippen LogP contribution in [-0.4, -0.2) is 29.6 Å². The number of anilines is 1. The molecule has 2 amide bonds. The second-order valence-corrected chi connectivity index (χ2v) is 5.39. The van der Waals surface area contributed by atoms with Crippen molar-refractivity contribution in [3.63, 3.8) is 0 Å². The Morgan fingerprint density at radius 2 is 1.95 bits per heavy atom. The zero-order chi connectivity index (χ0) is 15.8. The molecular weight excluding hydrogens is 268 g/mol. The molecule has 1 unspecified atom stereocenters. The van der Waals surface area contributed by atoms with Crippen LogP contribution < -0.4 is 10.6 Å². The van der Waals surface area contributed by atoms with Crippen LogP contribution >= 0.6 is 0 Å². The maximum Gasteiger partial charge on any atom is 0.243 e. The lowest BCUT2D eigenvalue weighted by molar-refractivity contribution is -0.126. The Labute approximate surface area is 125 Å². The van der Waals surface area contributed by atoms with Crippen molar-refractivity contribution in [1.82, 2.24) is 5.32 Å². The monoisotopic (exact) mass is 292 g/mol. The number of carbonyl (C=O) groups is 2. The van der Waals surface area contributed by atoms with Gasteiger partial charge in [-0.1, -0.05) is 32.9 Å². The van der Waals surface area contributed by atoms with Crippen molar-refractivity contribution >= 4 is 17.5 Å². The number of carbonyl (C=O) groups excluding carboxylic acids is 2. The largest absolute Gasteiger partial charge is 0.392 e. The molecule has 1 aromatic carbocycles. The van der Waals surface area contributed by atoms with E-state index in [0.717, 1.165) is 17.7 Å². The number of rotatable bonds is 7. The molecule has 0 aliphatic carbocycles. The lowest BCUT2D eigenvalue weighted by Crippen LogP contribution is -2.35. The number of benzene rings is 1. The fourth-order valence-electron chi connectivity index (χ4n) is 1.75. The van der Waals surface area contributed by atoms with E-state index in [9.17, 15) is 14.7 Å². The molecule has 0 saturated carbocycles. The molecule has 1 aromatic rings. The van der Waals surface area contributed by atoms with E-state index in [2.05, 4.69) is 10.6 Å². The normalized spacial score (nSPS) is 12.0. The van der Waals surface area contributed by atoms with Gasteiger partial charge in [0, 0.05) is 5.69 Å². The van der Waals surface area contributed by atoms with Gasteiger partial charge in [-0.2, -0.15) is 0 Å². The lowest BCUT2D eigenvalue weighted by Gasteiger charge is -2.14. The van der Waals surface area contributed by atoms with E-state index in [1.807, 2.05) is 39.0 Å². The molecule has 5 heteroatoms. The molecule has 1 rings (SSSR count). The third kappa shape index (κ3) is 6.40. The van der Waals surface area contributed by atoms with Crippen LogP contribution in [0.1, 0.15) is 32.8 Å². The predicted octanol–water partition coefficient (Wildman–Crippen LogP) is 1.71. The molecule has 0 fully saturated rings. The molecule has 0 bridgehead atoms. The van der Waals surface area contributed by atoms with Crippen LogP contribution in [0, 0.1) is 5.92 Å². The number of aliphatic hydroxyl groups is 1. The fourth-order valence-corrected chi connectivity index (χ4v) is 1.75. The Hall–Kier alpha value is -1.88. The van der Waals surface area contributed by atoms with Crippen molar-refractivity contribution in [1.29, 1.82) is 0 Å². The number of hydrogen-bond donors (Lipinski definition) is 3. The van der Waals surface area contributed by atoms with Crippen LogP contribution in [0.4, 0.5) is 5.69 Å². The highest BCUT2D eigenvalue weighted by molar-refractivity contribution is 5.94. The molecule has 0 aliphatic rings. The average molecular weight is 292 g/mol. The van der Waals surface area contributed by atoms with Crippen LogP contribution in [-0.2, 0) is 16.0 Å². The Kier molecular flexibility index (Phi) is 6.88. The number of nitrogens with one attached hydrogen (secondary N) is 2. The second-order valence-electron chi connectivity index (χ2n) is 5.39. The molecule has 0 aromatic heterocycles. The van der Waals surface area contributed by atoms with Crippen LogP contribution in [0.5, 0.6) is 0 Å². The maximum absolute atomic E-state index is 11.7. The smallest absolute Gasteiger partial charge is 0.243 e. The summed E-state index contributed by atoms with van der Waals surface area (Å²) in [4.78, 5) is 23.3. The first-order valence-electron chi connectivity index (χ1n) is 7.26. The number of aryl methyl sites for hydroxylation is 1. The van der Waals surface area contributed by atoms with Crippen LogP contribution in [0.25, 0.3) is 0 Å². The molecule has 21 heavy (non-hydrogen) atoms.